The van der Waals surface area contributed by atoms with Gasteiger partial charge in [-0.1, -0.05) is 36.0 Å². The molecule has 0 radical (unpaired) electrons. The van der Waals surface area contributed by atoms with Gasteiger partial charge >= 0.3 is 18.4 Å². The van der Waals surface area contributed by atoms with Gasteiger partial charge in [-0.2, -0.15) is 31.3 Å². The molecule has 234 valence electrons. The highest BCUT2D eigenvalue weighted by atomic mass is 32.2. The number of amidine groups is 1. The van der Waals surface area contributed by atoms with E-state index in [2.05, 4.69) is 20.3 Å². The molecule has 0 aliphatic carbocycles. The van der Waals surface area contributed by atoms with Crippen LogP contribution in [0.4, 0.5) is 42.5 Å². The van der Waals surface area contributed by atoms with E-state index in [1.54, 1.807) is 55.6 Å². The highest BCUT2D eigenvalue weighted by Gasteiger charge is 2.33. The van der Waals surface area contributed by atoms with Gasteiger partial charge in [0.05, 0.1) is 29.3 Å². The Balaban J connectivity index is 1.27. The van der Waals surface area contributed by atoms with Gasteiger partial charge in [-0.15, -0.1) is 0 Å². The van der Waals surface area contributed by atoms with Gasteiger partial charge in [-0.25, -0.2) is 14.8 Å². The summed E-state index contributed by atoms with van der Waals surface area (Å²) in [5.41, 5.74) is 1.98. The van der Waals surface area contributed by atoms with E-state index in [0.717, 1.165) is 29.6 Å². The third-order valence-corrected chi connectivity index (χ3v) is 7.25. The summed E-state index contributed by atoms with van der Waals surface area (Å²) < 4.78 is 82.5. The number of imidazole rings is 1. The number of aliphatic imine (C=N–C) groups is 1. The molecule has 1 fully saturated rings. The molecule has 2 aromatic carbocycles. The molecule has 1 N–H and O–H groups in total. The van der Waals surface area contributed by atoms with Crippen molar-refractivity contribution in [2.45, 2.75) is 25.9 Å². The number of urea groups is 1. The van der Waals surface area contributed by atoms with Crippen LogP contribution in [0.25, 0.3) is 17.1 Å². The van der Waals surface area contributed by atoms with Crippen LogP contribution in [-0.4, -0.2) is 50.2 Å². The first kappa shape index (κ1) is 31.7. The number of alkyl halides is 6. The lowest BCUT2D eigenvalue weighted by atomic mass is 10.1. The van der Waals surface area contributed by atoms with Crippen molar-refractivity contribution < 1.29 is 40.7 Å². The second-order valence-corrected chi connectivity index (χ2v) is 10.7. The highest BCUT2D eigenvalue weighted by Crippen LogP contribution is 2.32. The average Bonchev–Trinajstić information content (AvgIpc) is 3.60. The molecule has 0 atom stereocenters. The number of nitrogens with one attached hydrogen (secondary N) is 1. The van der Waals surface area contributed by atoms with Crippen LogP contribution < -0.4 is 10.2 Å². The molecule has 1 aliphatic heterocycles. The molecule has 45 heavy (non-hydrogen) atoms. The van der Waals surface area contributed by atoms with E-state index in [1.807, 2.05) is 0 Å². The van der Waals surface area contributed by atoms with Crippen molar-refractivity contribution in [1.82, 2.24) is 14.5 Å². The van der Waals surface area contributed by atoms with E-state index in [4.69, 9.17) is 4.74 Å². The lowest BCUT2D eigenvalue weighted by Crippen LogP contribution is -2.31. The number of rotatable bonds is 7. The van der Waals surface area contributed by atoms with Gasteiger partial charge in [0.2, 0.25) is 5.91 Å². The SMILES string of the molecule is Cc1ccc(COCC(F)(F)F)c(N2C(=O)CS/C2=N\C(=O)Nc2ccc(-c3cn(-c4ccc(C(F)(F)F)cn4)cn3)cc2)c1. The molecule has 16 heteroatoms. The van der Waals surface area contributed by atoms with Crippen LogP contribution in [-0.2, 0) is 22.3 Å². The maximum Gasteiger partial charge on any atom is 0.417 e. The van der Waals surface area contributed by atoms with Gasteiger partial charge in [0, 0.05) is 29.2 Å². The Morgan fingerprint density at radius 3 is 2.47 bits per heavy atom. The van der Waals surface area contributed by atoms with Crippen molar-refractivity contribution in [2.24, 2.45) is 4.99 Å². The molecule has 9 nitrogen and oxygen atoms in total. The summed E-state index contributed by atoms with van der Waals surface area (Å²) in [6.07, 6.45) is -5.27. The molecule has 0 saturated carbocycles. The fourth-order valence-corrected chi connectivity index (χ4v) is 5.09. The zero-order valence-electron chi connectivity index (χ0n) is 23.2. The molecule has 2 aromatic heterocycles. The molecule has 3 amide bonds. The Bertz CT molecular complexity index is 1740. The summed E-state index contributed by atoms with van der Waals surface area (Å²) in [6, 6.07) is 12.7. The van der Waals surface area contributed by atoms with E-state index in [1.165, 1.54) is 21.9 Å². The Kier molecular flexibility index (Phi) is 8.97. The molecule has 3 heterocycles. The standard InChI is InChI=1S/C29H22F6N6O3S/c1-17-2-3-19(13-44-15-28(30,31)32)23(10-17)41-25(42)14-45-27(41)39-26(43)38-21-7-4-18(5-8-21)22-12-40(16-37-22)24-9-6-20(11-36-24)29(33,34)35/h2-12,16H,13-15H2,1H3,(H,38,43)/b39-27-. The number of carbonyl (C=O) groups excluding carboxylic acids is 2. The number of carbonyl (C=O) groups is 2. The van der Waals surface area contributed by atoms with Crippen molar-refractivity contribution in [3.63, 3.8) is 0 Å². The number of aryl methyl sites for hydroxylation is 1. The van der Waals surface area contributed by atoms with Crippen molar-refractivity contribution >= 4 is 40.2 Å². The normalized spacial score (nSPS) is 14.8. The molecule has 4 aromatic rings. The van der Waals surface area contributed by atoms with Crippen LogP contribution in [0, 0.1) is 6.92 Å². The summed E-state index contributed by atoms with van der Waals surface area (Å²) in [4.78, 5) is 38.9. The average molecular weight is 649 g/mol. The Morgan fingerprint density at radius 2 is 1.80 bits per heavy atom. The van der Waals surface area contributed by atoms with Crippen molar-refractivity contribution in [1.29, 1.82) is 0 Å². The number of pyridine rings is 1. The van der Waals surface area contributed by atoms with Crippen LogP contribution in [0.5, 0.6) is 0 Å². The zero-order valence-corrected chi connectivity index (χ0v) is 24.0. The van der Waals surface area contributed by atoms with Gasteiger partial charge in [0.25, 0.3) is 0 Å². The van der Waals surface area contributed by atoms with Crippen LogP contribution in [0.1, 0.15) is 16.7 Å². The summed E-state index contributed by atoms with van der Waals surface area (Å²) in [5.74, 6) is -0.176. The first-order chi connectivity index (χ1) is 21.3. The lowest BCUT2D eigenvalue weighted by Gasteiger charge is -2.20. The number of hydrogen-bond donors (Lipinski definition) is 1. The van der Waals surface area contributed by atoms with E-state index >= 15 is 0 Å². The highest BCUT2D eigenvalue weighted by molar-refractivity contribution is 8.15. The number of benzene rings is 2. The Labute approximate surface area is 255 Å². The number of anilines is 2. The number of aromatic nitrogens is 3. The second-order valence-electron chi connectivity index (χ2n) is 9.73. The van der Waals surface area contributed by atoms with Crippen molar-refractivity contribution in [3.8, 4) is 17.1 Å². The third-order valence-electron chi connectivity index (χ3n) is 6.32. The third kappa shape index (κ3) is 7.88. The molecular weight excluding hydrogens is 626 g/mol. The van der Waals surface area contributed by atoms with Crippen molar-refractivity contribution in [3.05, 3.63) is 90.0 Å². The van der Waals surface area contributed by atoms with E-state index in [9.17, 15) is 35.9 Å². The minimum atomic E-state index is -4.51. The minimum absolute atomic E-state index is 0.0216. The predicted molar refractivity (Wildman–Crippen MR) is 155 cm³/mol. The van der Waals surface area contributed by atoms with Gasteiger partial charge in [0.15, 0.2) is 5.17 Å². The smallest absolute Gasteiger partial charge is 0.367 e. The Hall–Kier alpha value is -4.70. The van der Waals surface area contributed by atoms with E-state index < -0.39 is 43.1 Å². The zero-order chi connectivity index (χ0) is 32.4. The summed E-state index contributed by atoms with van der Waals surface area (Å²) in [7, 11) is 0. The van der Waals surface area contributed by atoms with Gasteiger partial charge in [0.1, 0.15) is 18.8 Å². The lowest BCUT2D eigenvalue weighted by molar-refractivity contribution is -0.176. The fraction of sp³-hybridized carbons (Fsp3) is 0.207. The van der Waals surface area contributed by atoms with Crippen LogP contribution >= 0.6 is 11.8 Å². The first-order valence-electron chi connectivity index (χ1n) is 13.0. The second kappa shape index (κ2) is 12.7. The van der Waals surface area contributed by atoms with Crippen LogP contribution in [0.3, 0.4) is 0 Å². The van der Waals surface area contributed by atoms with Gasteiger partial charge in [-0.05, 0) is 42.8 Å². The summed E-state index contributed by atoms with van der Waals surface area (Å²) >= 11 is 1.01. The molecule has 0 unspecified atom stereocenters. The van der Waals surface area contributed by atoms with Crippen molar-refractivity contribution in [2.75, 3.05) is 22.6 Å². The molecule has 1 aliphatic rings. The molecule has 0 bridgehead atoms. The van der Waals surface area contributed by atoms with E-state index in [-0.39, 0.29) is 22.4 Å². The first-order valence-corrected chi connectivity index (χ1v) is 14.0. The molecule has 5 rings (SSSR count). The molecular formula is C29H22F6N6O3S. The predicted octanol–water partition coefficient (Wildman–Crippen LogP) is 7.01. The number of nitrogens with zero attached hydrogens (tertiary/aromatic N) is 5. The number of amides is 3. The fourth-order valence-electron chi connectivity index (χ4n) is 4.23. The maximum absolute atomic E-state index is 12.8. The number of ether oxygens (including phenoxy) is 1. The number of thioether (sulfide) groups is 1. The minimum Gasteiger partial charge on any atom is -0.367 e. The number of hydrogen-bond acceptors (Lipinski definition) is 6. The van der Waals surface area contributed by atoms with Gasteiger partial charge in [-0.3, -0.25) is 14.3 Å². The summed E-state index contributed by atoms with van der Waals surface area (Å²) in [5, 5.41) is 2.66. The van der Waals surface area contributed by atoms with Crippen LogP contribution in [0.15, 0.2) is 78.3 Å². The Morgan fingerprint density at radius 1 is 1.04 bits per heavy atom. The maximum atomic E-state index is 12.8. The van der Waals surface area contributed by atoms with Crippen LogP contribution in [0.2, 0.25) is 0 Å². The largest absolute Gasteiger partial charge is 0.417 e. The monoisotopic (exact) mass is 648 g/mol. The molecule has 1 saturated heterocycles. The van der Waals surface area contributed by atoms with E-state index in [0.29, 0.717) is 22.5 Å². The molecule has 0 spiro atoms. The topological polar surface area (TPSA) is 102 Å². The quantitative estimate of drug-likeness (QED) is 0.217. The van der Waals surface area contributed by atoms with Gasteiger partial charge < -0.3 is 10.1 Å². The summed E-state index contributed by atoms with van der Waals surface area (Å²) in [6.45, 7) is -0.112. The number of halogens is 6.